The van der Waals surface area contributed by atoms with Crippen molar-refractivity contribution < 1.29 is 13.5 Å². The van der Waals surface area contributed by atoms with Gasteiger partial charge < -0.3 is 10.1 Å². The molecule has 2 aromatic rings. The van der Waals surface area contributed by atoms with E-state index in [9.17, 15) is 8.78 Å². The molecule has 1 unspecified atom stereocenters. The van der Waals surface area contributed by atoms with E-state index < -0.39 is 6.61 Å². The van der Waals surface area contributed by atoms with E-state index in [-0.39, 0.29) is 11.8 Å². The van der Waals surface area contributed by atoms with Crippen molar-refractivity contribution in [2.75, 3.05) is 0 Å². The highest BCUT2D eigenvalue weighted by molar-refractivity contribution is 7.09. The van der Waals surface area contributed by atoms with E-state index in [1.54, 1.807) is 41.8 Å². The molecule has 0 spiro atoms. The molecule has 19 heavy (non-hydrogen) atoms. The molecule has 0 fully saturated rings. The van der Waals surface area contributed by atoms with Gasteiger partial charge in [-0.05, 0) is 24.6 Å². The second-order valence-electron chi connectivity index (χ2n) is 3.98. The number of benzene rings is 1. The van der Waals surface area contributed by atoms with E-state index in [4.69, 9.17) is 0 Å². The van der Waals surface area contributed by atoms with Gasteiger partial charge in [0.2, 0.25) is 0 Å². The van der Waals surface area contributed by atoms with Gasteiger partial charge in [0.15, 0.2) is 0 Å². The number of halogens is 2. The Balaban J connectivity index is 1.90. The van der Waals surface area contributed by atoms with Gasteiger partial charge >= 0.3 is 6.61 Å². The minimum absolute atomic E-state index is 0.115. The Morgan fingerprint density at radius 1 is 1.32 bits per heavy atom. The van der Waals surface area contributed by atoms with E-state index in [2.05, 4.69) is 15.0 Å². The van der Waals surface area contributed by atoms with Crippen molar-refractivity contribution in [2.24, 2.45) is 0 Å². The lowest BCUT2D eigenvalue weighted by Gasteiger charge is -2.14. The molecule has 0 aliphatic rings. The van der Waals surface area contributed by atoms with Crippen LogP contribution in [0.1, 0.15) is 23.5 Å². The summed E-state index contributed by atoms with van der Waals surface area (Å²) < 4.78 is 28.3. The normalized spacial score (nSPS) is 12.6. The van der Waals surface area contributed by atoms with E-state index in [0.29, 0.717) is 6.54 Å². The van der Waals surface area contributed by atoms with Crippen LogP contribution in [0.5, 0.6) is 5.75 Å². The summed E-state index contributed by atoms with van der Waals surface area (Å²) >= 11 is 1.59. The third-order valence-corrected chi connectivity index (χ3v) is 3.43. The molecule has 0 bridgehead atoms. The SMILES string of the molecule is CC(NCc1nccs1)c1ccc(OC(F)F)cc1. The molecular formula is C13H14F2N2OS. The summed E-state index contributed by atoms with van der Waals surface area (Å²) in [7, 11) is 0. The van der Waals surface area contributed by atoms with E-state index in [0.717, 1.165) is 10.6 Å². The van der Waals surface area contributed by atoms with Gasteiger partial charge in [-0.15, -0.1) is 11.3 Å². The van der Waals surface area contributed by atoms with Crippen LogP contribution in [0.15, 0.2) is 35.8 Å². The predicted molar refractivity (Wildman–Crippen MR) is 70.4 cm³/mol. The molecule has 1 heterocycles. The van der Waals surface area contributed by atoms with Crippen molar-refractivity contribution in [2.45, 2.75) is 26.1 Å². The topological polar surface area (TPSA) is 34.2 Å². The summed E-state index contributed by atoms with van der Waals surface area (Å²) in [6, 6.07) is 6.75. The Morgan fingerprint density at radius 3 is 2.63 bits per heavy atom. The Kier molecular flexibility index (Phi) is 4.81. The summed E-state index contributed by atoms with van der Waals surface area (Å²) in [5.41, 5.74) is 1.01. The average molecular weight is 284 g/mol. The summed E-state index contributed by atoms with van der Waals surface area (Å²) in [4.78, 5) is 4.18. The van der Waals surface area contributed by atoms with Crippen LogP contribution in [0.2, 0.25) is 0 Å². The van der Waals surface area contributed by atoms with E-state index >= 15 is 0 Å². The number of hydrogen-bond acceptors (Lipinski definition) is 4. The van der Waals surface area contributed by atoms with Gasteiger partial charge in [0.05, 0.1) is 0 Å². The lowest BCUT2D eigenvalue weighted by molar-refractivity contribution is -0.0498. The Hall–Kier alpha value is -1.53. The van der Waals surface area contributed by atoms with Crippen molar-refractivity contribution in [3.05, 3.63) is 46.4 Å². The Bertz CT molecular complexity index is 488. The van der Waals surface area contributed by atoms with E-state index in [1.807, 2.05) is 12.3 Å². The molecule has 0 aliphatic heterocycles. The molecule has 2 rings (SSSR count). The molecule has 1 N–H and O–H groups in total. The summed E-state index contributed by atoms with van der Waals surface area (Å²) in [6.07, 6.45) is 1.77. The van der Waals surface area contributed by atoms with Crippen molar-refractivity contribution >= 4 is 11.3 Å². The number of hydrogen-bond donors (Lipinski definition) is 1. The average Bonchev–Trinajstić information content (AvgIpc) is 2.89. The molecule has 0 amide bonds. The quantitative estimate of drug-likeness (QED) is 0.880. The fourth-order valence-corrected chi connectivity index (χ4v) is 2.20. The molecule has 0 radical (unpaired) electrons. The molecular weight excluding hydrogens is 270 g/mol. The molecule has 102 valence electrons. The smallest absolute Gasteiger partial charge is 0.387 e. The summed E-state index contributed by atoms with van der Waals surface area (Å²) in [5, 5.41) is 6.27. The van der Waals surface area contributed by atoms with Crippen molar-refractivity contribution in [3.63, 3.8) is 0 Å². The lowest BCUT2D eigenvalue weighted by Crippen LogP contribution is -2.17. The van der Waals surface area contributed by atoms with Gasteiger partial charge in [-0.2, -0.15) is 8.78 Å². The number of alkyl halides is 2. The highest BCUT2D eigenvalue weighted by atomic mass is 32.1. The highest BCUT2D eigenvalue weighted by Gasteiger charge is 2.08. The zero-order valence-electron chi connectivity index (χ0n) is 10.3. The second kappa shape index (κ2) is 6.58. The monoisotopic (exact) mass is 284 g/mol. The first-order chi connectivity index (χ1) is 9.15. The third kappa shape index (κ3) is 4.25. The fraction of sp³-hybridized carbons (Fsp3) is 0.308. The molecule has 3 nitrogen and oxygen atoms in total. The maximum absolute atomic E-state index is 12.0. The first kappa shape index (κ1) is 13.9. The van der Waals surface area contributed by atoms with Gasteiger partial charge in [0.25, 0.3) is 0 Å². The maximum atomic E-state index is 12.0. The fourth-order valence-electron chi connectivity index (χ4n) is 1.64. The molecule has 1 aromatic heterocycles. The minimum atomic E-state index is -2.79. The van der Waals surface area contributed by atoms with Crippen LogP contribution in [-0.4, -0.2) is 11.6 Å². The molecule has 0 aliphatic carbocycles. The first-order valence-electron chi connectivity index (χ1n) is 5.81. The molecule has 0 saturated carbocycles. The summed E-state index contributed by atoms with van der Waals surface area (Å²) in [5.74, 6) is 0.172. The van der Waals surface area contributed by atoms with Gasteiger partial charge in [-0.25, -0.2) is 4.98 Å². The molecule has 0 saturated heterocycles. The maximum Gasteiger partial charge on any atom is 0.387 e. The highest BCUT2D eigenvalue weighted by Crippen LogP contribution is 2.19. The van der Waals surface area contributed by atoms with Crippen LogP contribution < -0.4 is 10.1 Å². The number of thiazole rings is 1. The predicted octanol–water partition coefficient (Wildman–Crippen LogP) is 3.60. The lowest BCUT2D eigenvalue weighted by atomic mass is 10.1. The minimum Gasteiger partial charge on any atom is -0.435 e. The molecule has 1 aromatic carbocycles. The number of nitrogens with zero attached hydrogens (tertiary/aromatic N) is 1. The van der Waals surface area contributed by atoms with Crippen LogP contribution in [-0.2, 0) is 6.54 Å². The number of aromatic nitrogens is 1. The number of rotatable bonds is 6. The standard InChI is InChI=1S/C13H14F2N2OS/c1-9(17-8-12-16-6-7-19-12)10-2-4-11(5-3-10)18-13(14)15/h2-7,9,13,17H,8H2,1H3. The second-order valence-corrected chi connectivity index (χ2v) is 4.96. The zero-order chi connectivity index (χ0) is 13.7. The first-order valence-corrected chi connectivity index (χ1v) is 6.69. The summed E-state index contributed by atoms with van der Waals surface area (Å²) in [6.45, 7) is -0.0867. The van der Waals surface area contributed by atoms with Gasteiger partial charge in [0, 0.05) is 24.2 Å². The van der Waals surface area contributed by atoms with Gasteiger partial charge in [-0.3, -0.25) is 0 Å². The Morgan fingerprint density at radius 2 is 2.05 bits per heavy atom. The Labute approximate surface area is 114 Å². The zero-order valence-corrected chi connectivity index (χ0v) is 11.2. The largest absolute Gasteiger partial charge is 0.435 e. The molecule has 1 atom stereocenters. The van der Waals surface area contributed by atoms with Crippen LogP contribution in [0, 0.1) is 0 Å². The van der Waals surface area contributed by atoms with Crippen molar-refractivity contribution in [3.8, 4) is 5.75 Å². The van der Waals surface area contributed by atoms with Crippen LogP contribution in [0.3, 0.4) is 0 Å². The van der Waals surface area contributed by atoms with Gasteiger partial charge in [-0.1, -0.05) is 12.1 Å². The molecule has 6 heteroatoms. The van der Waals surface area contributed by atoms with Crippen molar-refractivity contribution in [1.29, 1.82) is 0 Å². The number of nitrogens with one attached hydrogen (secondary N) is 1. The van der Waals surface area contributed by atoms with Crippen LogP contribution >= 0.6 is 11.3 Å². The van der Waals surface area contributed by atoms with Gasteiger partial charge in [0.1, 0.15) is 10.8 Å². The van der Waals surface area contributed by atoms with Crippen LogP contribution in [0.4, 0.5) is 8.78 Å². The number of ether oxygens (including phenoxy) is 1. The third-order valence-electron chi connectivity index (χ3n) is 2.65. The van der Waals surface area contributed by atoms with Crippen molar-refractivity contribution in [1.82, 2.24) is 10.3 Å². The van der Waals surface area contributed by atoms with Crippen LogP contribution in [0.25, 0.3) is 0 Å². The van der Waals surface area contributed by atoms with E-state index in [1.165, 1.54) is 0 Å².